The average Bonchev–Trinajstić information content (AvgIpc) is 2.07. The minimum atomic E-state index is -3.73. The monoisotopic (exact) mass is 286 g/mol. The predicted octanol–water partition coefficient (Wildman–Crippen LogP) is 3.65. The molecular formula is C8H3BrClF3O. The maximum Gasteiger partial charge on any atom is 0.363 e. The van der Waals surface area contributed by atoms with Gasteiger partial charge in [-0.15, -0.1) is 0 Å². The highest BCUT2D eigenvalue weighted by atomic mass is 79.9. The Morgan fingerprint density at radius 2 is 2.00 bits per heavy atom. The van der Waals surface area contributed by atoms with Crippen molar-refractivity contribution in [1.82, 2.24) is 0 Å². The van der Waals surface area contributed by atoms with Gasteiger partial charge in [-0.3, -0.25) is 4.79 Å². The predicted molar refractivity (Wildman–Crippen MR) is 49.6 cm³/mol. The van der Waals surface area contributed by atoms with E-state index in [0.717, 1.165) is 18.2 Å². The Morgan fingerprint density at radius 1 is 1.43 bits per heavy atom. The Balaban J connectivity index is 3.21. The maximum atomic E-state index is 12.8. The highest BCUT2D eigenvalue weighted by molar-refractivity contribution is 9.10. The third-order valence-corrected chi connectivity index (χ3v) is 2.20. The van der Waals surface area contributed by atoms with Crippen LogP contribution in [-0.4, -0.2) is 10.6 Å². The largest absolute Gasteiger partial charge is 0.363 e. The van der Waals surface area contributed by atoms with Crippen molar-refractivity contribution < 1.29 is 18.0 Å². The van der Waals surface area contributed by atoms with Gasteiger partial charge in [-0.2, -0.15) is 8.78 Å². The van der Waals surface area contributed by atoms with Gasteiger partial charge in [-0.05, 0) is 28.1 Å². The van der Waals surface area contributed by atoms with Crippen LogP contribution in [0.1, 0.15) is 10.4 Å². The lowest BCUT2D eigenvalue weighted by Gasteiger charge is -2.08. The maximum absolute atomic E-state index is 12.8. The summed E-state index contributed by atoms with van der Waals surface area (Å²) >= 11 is 7.22. The summed E-state index contributed by atoms with van der Waals surface area (Å²) in [5.41, 5.74) is -0.548. The molecule has 0 amide bonds. The molecular weight excluding hydrogens is 284 g/mol. The average molecular weight is 287 g/mol. The fourth-order valence-electron chi connectivity index (χ4n) is 0.832. The van der Waals surface area contributed by atoms with Gasteiger partial charge in [0.15, 0.2) is 0 Å². The number of halogens is 5. The van der Waals surface area contributed by atoms with Crippen LogP contribution in [-0.2, 0) is 0 Å². The summed E-state index contributed by atoms with van der Waals surface area (Å²) in [4.78, 5) is 7.26. The second-order valence-electron chi connectivity index (χ2n) is 2.43. The molecule has 0 atom stereocenters. The van der Waals surface area contributed by atoms with Crippen molar-refractivity contribution >= 4 is 33.3 Å². The first-order chi connectivity index (χ1) is 6.34. The minimum absolute atomic E-state index is 0.548. The Kier molecular flexibility index (Phi) is 3.21. The van der Waals surface area contributed by atoms with E-state index in [2.05, 4.69) is 0 Å². The highest BCUT2D eigenvalue weighted by Crippen LogP contribution is 2.30. The molecule has 1 nitrogen and oxygen atoms in total. The van der Waals surface area contributed by atoms with E-state index in [1.807, 2.05) is 15.9 Å². The molecule has 6 heteroatoms. The molecule has 0 aliphatic carbocycles. The van der Waals surface area contributed by atoms with Gasteiger partial charge in [0, 0.05) is 5.56 Å². The fourth-order valence-corrected chi connectivity index (χ4v) is 1.26. The Morgan fingerprint density at radius 3 is 2.50 bits per heavy atom. The van der Waals surface area contributed by atoms with Crippen LogP contribution in [0.2, 0.25) is 5.02 Å². The topological polar surface area (TPSA) is 17.1 Å². The molecule has 0 aliphatic rings. The van der Waals surface area contributed by atoms with Crippen molar-refractivity contribution in [2.24, 2.45) is 0 Å². The summed E-state index contributed by atoms with van der Waals surface area (Å²) in [7, 11) is 0. The molecule has 0 spiro atoms. The van der Waals surface area contributed by atoms with Crippen molar-refractivity contribution in [3.63, 3.8) is 0 Å². The molecule has 0 unspecified atom stereocenters. The number of benzene rings is 1. The van der Waals surface area contributed by atoms with Gasteiger partial charge in [0.25, 0.3) is 0 Å². The molecule has 1 rings (SSSR count). The Hall–Kier alpha value is -0.550. The summed E-state index contributed by atoms with van der Waals surface area (Å²) in [5, 5.41) is -0.600. The highest BCUT2D eigenvalue weighted by Gasteiger charge is 2.37. The molecule has 0 heterocycles. The molecule has 76 valence electrons. The van der Waals surface area contributed by atoms with Crippen molar-refractivity contribution in [3.8, 4) is 0 Å². The van der Waals surface area contributed by atoms with Crippen molar-refractivity contribution in [3.05, 3.63) is 34.6 Å². The number of hydrogen-bond donors (Lipinski definition) is 0. The van der Waals surface area contributed by atoms with E-state index in [1.54, 1.807) is 0 Å². The summed E-state index contributed by atoms with van der Waals surface area (Å²) in [6.45, 7) is 0. The molecule has 0 bridgehead atoms. The smallest absolute Gasteiger partial charge is 0.286 e. The van der Waals surface area contributed by atoms with E-state index in [0.29, 0.717) is 0 Å². The third kappa shape index (κ3) is 2.27. The zero-order chi connectivity index (χ0) is 10.9. The molecule has 0 aliphatic heterocycles. The van der Waals surface area contributed by atoms with E-state index in [4.69, 9.17) is 11.6 Å². The lowest BCUT2D eigenvalue weighted by Crippen LogP contribution is -2.21. The molecule has 1 aromatic rings. The van der Waals surface area contributed by atoms with Gasteiger partial charge in [-0.1, -0.05) is 17.7 Å². The van der Waals surface area contributed by atoms with Crippen LogP contribution in [0.25, 0.3) is 0 Å². The minimum Gasteiger partial charge on any atom is -0.286 e. The van der Waals surface area contributed by atoms with Crippen LogP contribution >= 0.6 is 27.5 Å². The molecule has 0 saturated heterocycles. The first kappa shape index (κ1) is 11.5. The summed E-state index contributed by atoms with van der Waals surface area (Å²) in [6.07, 6.45) is 0. The summed E-state index contributed by atoms with van der Waals surface area (Å²) in [6, 6.07) is 3.14. The van der Waals surface area contributed by atoms with Gasteiger partial charge in [0.2, 0.25) is 5.78 Å². The number of alkyl halides is 3. The molecule has 0 N–H and O–H groups in total. The molecule has 1 aromatic carbocycles. The van der Waals surface area contributed by atoms with Gasteiger partial charge in [0.1, 0.15) is 5.82 Å². The number of carbonyl (C=O) groups is 1. The van der Waals surface area contributed by atoms with E-state index in [9.17, 15) is 18.0 Å². The fraction of sp³-hybridized carbons (Fsp3) is 0.125. The first-order valence-corrected chi connectivity index (χ1v) is 4.56. The first-order valence-electron chi connectivity index (χ1n) is 3.39. The molecule has 0 fully saturated rings. The number of Topliss-reactive ketones (excluding diaryl/α,β-unsaturated/α-hetero) is 1. The second-order valence-corrected chi connectivity index (χ2v) is 3.80. The molecule has 0 radical (unpaired) electrons. The third-order valence-electron chi connectivity index (χ3n) is 1.45. The zero-order valence-corrected chi connectivity index (χ0v) is 8.87. The van der Waals surface area contributed by atoms with E-state index in [1.165, 1.54) is 0 Å². The van der Waals surface area contributed by atoms with Crippen molar-refractivity contribution in [1.29, 1.82) is 0 Å². The van der Waals surface area contributed by atoms with Gasteiger partial charge in [-0.25, -0.2) is 4.39 Å². The van der Waals surface area contributed by atoms with E-state index < -0.39 is 27.0 Å². The van der Waals surface area contributed by atoms with Crippen molar-refractivity contribution in [2.45, 2.75) is 4.83 Å². The summed E-state index contributed by atoms with van der Waals surface area (Å²) < 4.78 is 37.8. The zero-order valence-electron chi connectivity index (χ0n) is 6.53. The Labute approximate surface area is 91.0 Å². The van der Waals surface area contributed by atoms with E-state index in [-0.39, 0.29) is 0 Å². The van der Waals surface area contributed by atoms with E-state index >= 15 is 0 Å². The SMILES string of the molecule is O=C(c1cccc(F)c1Cl)C(F)(F)Br. The quantitative estimate of drug-likeness (QED) is 0.599. The number of hydrogen-bond acceptors (Lipinski definition) is 1. The Bertz CT molecular complexity index is 375. The molecule has 0 saturated carbocycles. The van der Waals surface area contributed by atoms with Gasteiger partial charge < -0.3 is 0 Å². The van der Waals surface area contributed by atoms with Crippen LogP contribution in [0.15, 0.2) is 18.2 Å². The number of ketones is 1. The van der Waals surface area contributed by atoms with Crippen LogP contribution in [0.5, 0.6) is 0 Å². The van der Waals surface area contributed by atoms with Crippen molar-refractivity contribution in [2.75, 3.05) is 0 Å². The molecule has 14 heavy (non-hydrogen) atoms. The molecule has 0 aromatic heterocycles. The number of carbonyl (C=O) groups excluding carboxylic acids is 1. The van der Waals surface area contributed by atoms with Gasteiger partial charge in [0.05, 0.1) is 5.02 Å². The van der Waals surface area contributed by atoms with Crippen LogP contribution in [0.3, 0.4) is 0 Å². The lowest BCUT2D eigenvalue weighted by atomic mass is 10.1. The van der Waals surface area contributed by atoms with Gasteiger partial charge >= 0.3 is 4.83 Å². The normalized spacial score (nSPS) is 11.5. The second kappa shape index (κ2) is 3.90. The standard InChI is InChI=1S/C8H3BrClF3O/c9-8(12,13)7(14)4-2-1-3-5(11)6(4)10/h1-3H. The number of rotatable bonds is 2. The van der Waals surface area contributed by atoms with Crippen LogP contribution < -0.4 is 0 Å². The van der Waals surface area contributed by atoms with Crippen LogP contribution in [0.4, 0.5) is 13.2 Å². The summed E-state index contributed by atoms with van der Waals surface area (Å²) in [5.74, 6) is -2.48. The van der Waals surface area contributed by atoms with Crippen LogP contribution in [0, 0.1) is 5.82 Å². The lowest BCUT2D eigenvalue weighted by molar-refractivity contribution is 0.0592.